The zero-order valence-corrected chi connectivity index (χ0v) is 53.1. The lowest BCUT2D eigenvalue weighted by molar-refractivity contribution is 1.25. The van der Waals surface area contributed by atoms with Gasteiger partial charge in [0, 0.05) is 56.9 Å². The Labute approximate surface area is 545 Å². The maximum Gasteiger partial charge on any atom is 0.251 e. The van der Waals surface area contributed by atoms with Crippen LogP contribution in [-0.2, 0) is 0 Å². The summed E-state index contributed by atoms with van der Waals surface area (Å²) in [6, 6.07) is 134. The van der Waals surface area contributed by atoms with Crippen molar-refractivity contribution in [2.45, 2.75) is 0 Å². The van der Waals surface area contributed by atoms with E-state index < -0.39 is 16.1 Å². The van der Waals surface area contributed by atoms with E-state index in [9.17, 15) is 0 Å². The van der Waals surface area contributed by atoms with Crippen LogP contribution in [0.5, 0.6) is 0 Å². The largest absolute Gasteiger partial charge is 0.311 e. The quantitative estimate of drug-likeness (QED) is 0.141. The number of rotatable bonds is 8. The Kier molecular flexibility index (Phi) is 13.7. The maximum absolute atomic E-state index is 7.53. The molecule has 0 saturated heterocycles. The van der Waals surface area contributed by atoms with Gasteiger partial charge >= 0.3 is 0 Å². The summed E-state index contributed by atoms with van der Waals surface area (Å²) in [5.41, 5.74) is 17.8. The van der Waals surface area contributed by atoms with Crippen LogP contribution in [0.15, 0.2) is 364 Å². The number of benzene rings is 14. The number of fused-ring (bicyclic) bond motifs is 6. The second kappa shape index (κ2) is 22.8. The minimum Gasteiger partial charge on any atom is -0.311 e. The van der Waals surface area contributed by atoms with Gasteiger partial charge in [0.25, 0.3) is 6.71 Å². The number of hydrogen-bond acceptors (Lipinski definition) is 4. The summed E-state index contributed by atoms with van der Waals surface area (Å²) in [5.74, 6) is 0. The highest BCUT2D eigenvalue weighted by Gasteiger charge is 2.56. The van der Waals surface area contributed by atoms with Gasteiger partial charge in [0.15, 0.2) is 16.1 Å². The fourth-order valence-electron chi connectivity index (χ4n) is 15.7. The third kappa shape index (κ3) is 8.57. The first-order valence-electron chi connectivity index (χ1n) is 31.6. The van der Waals surface area contributed by atoms with Gasteiger partial charge in [-0.3, -0.25) is 0 Å². The predicted molar refractivity (Wildman–Crippen MR) is 396 cm³/mol. The Morgan fingerprint density at radius 1 is 0.207 bits per heavy atom. The van der Waals surface area contributed by atoms with Crippen molar-refractivity contribution in [2.24, 2.45) is 0 Å². The minimum atomic E-state index is -2.84. The zero-order chi connectivity index (χ0) is 61.2. The van der Waals surface area contributed by atoms with Crippen molar-refractivity contribution in [3.8, 4) is 0 Å². The van der Waals surface area contributed by atoms with Crippen LogP contribution in [0.25, 0.3) is 0 Å². The van der Waals surface area contributed by atoms with E-state index in [0.717, 1.165) is 34.1 Å². The third-order valence-electron chi connectivity index (χ3n) is 19.3. The van der Waals surface area contributed by atoms with Crippen molar-refractivity contribution in [3.63, 3.8) is 0 Å². The molecule has 4 nitrogen and oxygen atoms in total. The molecule has 4 aliphatic heterocycles. The molecule has 434 valence electrons. The first-order valence-corrected chi connectivity index (χ1v) is 36.0. The molecule has 0 spiro atoms. The van der Waals surface area contributed by atoms with Crippen LogP contribution < -0.4 is 77.5 Å². The molecule has 18 rings (SSSR count). The lowest BCUT2D eigenvalue weighted by Gasteiger charge is -2.51. The van der Waals surface area contributed by atoms with Crippen LogP contribution in [0.3, 0.4) is 0 Å². The molecule has 4 aliphatic rings. The van der Waals surface area contributed by atoms with E-state index in [1.165, 1.54) is 92.0 Å². The second-order valence-electron chi connectivity index (χ2n) is 24.0. The van der Waals surface area contributed by atoms with E-state index in [-0.39, 0.29) is 6.71 Å². The van der Waals surface area contributed by atoms with E-state index in [1.807, 2.05) is 0 Å². The van der Waals surface area contributed by atoms with E-state index in [0.29, 0.717) is 5.02 Å². The summed E-state index contributed by atoms with van der Waals surface area (Å²) in [4.78, 5) is 9.63. The molecule has 14 aromatic carbocycles. The third-order valence-corrected chi connectivity index (χ3v) is 29.3. The molecule has 0 saturated carbocycles. The van der Waals surface area contributed by atoms with Crippen LogP contribution in [0.2, 0.25) is 5.02 Å². The minimum absolute atomic E-state index is 0.136. The van der Waals surface area contributed by atoms with Crippen LogP contribution in [0, 0.1) is 0 Å². The van der Waals surface area contributed by atoms with E-state index in [2.05, 4.69) is 384 Å². The summed E-state index contributed by atoms with van der Waals surface area (Å²) in [7, 11) is -5.61. The van der Waals surface area contributed by atoms with Crippen LogP contribution >= 0.6 is 11.6 Å². The molecule has 4 heterocycles. The van der Waals surface area contributed by atoms with Crippen molar-refractivity contribution < 1.29 is 0 Å². The van der Waals surface area contributed by atoms with Crippen molar-refractivity contribution in [3.05, 3.63) is 369 Å². The molecule has 0 amide bonds. The predicted octanol–water partition coefficient (Wildman–Crippen LogP) is 14.4. The highest BCUT2D eigenvalue weighted by Crippen LogP contribution is 2.48. The Morgan fingerprint density at radius 2 is 0.457 bits per heavy atom. The van der Waals surface area contributed by atoms with E-state index in [1.54, 1.807) is 0 Å². The number of hydrogen-bond donors (Lipinski definition) is 0. The van der Waals surface area contributed by atoms with Crippen molar-refractivity contribution >= 4 is 161 Å². The first-order chi connectivity index (χ1) is 45.6. The smallest absolute Gasteiger partial charge is 0.251 e. The summed E-state index contributed by atoms with van der Waals surface area (Å²) >= 11 is 7.53. The summed E-state index contributed by atoms with van der Waals surface area (Å²) in [6.45, 7) is 0.136. The maximum atomic E-state index is 7.53. The molecule has 0 atom stereocenters. The Morgan fingerprint density at radius 3 is 0.804 bits per heavy atom. The molecule has 0 N–H and O–H groups in total. The van der Waals surface area contributed by atoms with Gasteiger partial charge in [-0.1, -0.05) is 266 Å². The number of nitrogens with zero attached hydrogens (tertiary/aromatic N) is 4. The van der Waals surface area contributed by atoms with E-state index in [4.69, 9.17) is 11.6 Å². The number of halogens is 1. The molecule has 0 radical (unpaired) electrons. The molecular weight excluding hydrogens is 1170 g/mol. The van der Waals surface area contributed by atoms with Crippen molar-refractivity contribution in [1.29, 1.82) is 0 Å². The van der Waals surface area contributed by atoms with Crippen LogP contribution in [-0.4, -0.2) is 22.9 Å². The molecule has 14 aromatic rings. The highest BCUT2D eigenvalue weighted by atomic mass is 35.5. The lowest BCUT2D eigenvalue weighted by atomic mass is 9.33. The van der Waals surface area contributed by atoms with Gasteiger partial charge in [-0.05, 0) is 167 Å². The normalized spacial score (nSPS) is 14.0. The van der Waals surface area contributed by atoms with Crippen LogP contribution in [0.1, 0.15) is 0 Å². The fraction of sp³-hybridized carbons (Fsp3) is 0. The van der Waals surface area contributed by atoms with Gasteiger partial charge in [0.2, 0.25) is 0 Å². The average molecular weight is 1230 g/mol. The molecule has 6 bridgehead atoms. The summed E-state index contributed by atoms with van der Waals surface area (Å²) in [5, 5.41) is 11.8. The highest BCUT2D eigenvalue weighted by molar-refractivity contribution is 7.27. The number of para-hydroxylation sites is 4. The number of anilines is 12. The molecule has 92 heavy (non-hydrogen) atoms. The lowest BCUT2D eigenvalue weighted by Crippen LogP contribution is -2.88. The Bertz CT molecular complexity index is 4720. The zero-order valence-electron chi connectivity index (χ0n) is 50.4. The van der Waals surface area contributed by atoms with Gasteiger partial charge in [-0.25, -0.2) is 0 Å². The van der Waals surface area contributed by atoms with Gasteiger partial charge in [0.1, 0.15) is 0 Å². The van der Waals surface area contributed by atoms with Crippen LogP contribution in [0.4, 0.5) is 68.2 Å². The van der Waals surface area contributed by atoms with Gasteiger partial charge in [-0.15, -0.1) is 0 Å². The molecule has 0 fully saturated rings. The Hall–Kier alpha value is -10.9. The van der Waals surface area contributed by atoms with Gasteiger partial charge in [0.05, 0.1) is 16.4 Å². The molecule has 0 aromatic heterocycles. The summed E-state index contributed by atoms with van der Waals surface area (Å²) < 4.78 is 0. The van der Waals surface area contributed by atoms with Crippen molar-refractivity contribution in [1.82, 2.24) is 0 Å². The average Bonchev–Trinajstić information content (AvgIpc) is 0.666. The topological polar surface area (TPSA) is 13.0 Å². The molecule has 0 unspecified atom stereocenters. The van der Waals surface area contributed by atoms with Gasteiger partial charge < -0.3 is 19.6 Å². The monoisotopic (exact) mass is 1230 g/mol. The fourth-order valence-corrected chi connectivity index (χ4v) is 26.1. The second-order valence-corrected chi connectivity index (χ2v) is 31.9. The SMILES string of the molecule is Clc1c2cccc1N(c1ccccc1)c1cccc(c1)[Si](c1ccccc1)(c1ccccc1)c1cccc(c1)N2c1ccccc1.c1ccc(N2c3cccc4c3B3c5c2cccc5[Si](c2ccccc2)(c2ccccc2)c2cccc(c23)N4c2ccccc2)cc1. The standard InChI is InChI=1S/C42H29BN2Si.C42H31ClN2Si/c1-5-16-30(17-6-1)44-34-24-13-25-35-40(34)43-41-36(44)26-14-28-38(41)46(32-20-9-3-10-21-32,33-22-11-4-12-23-33)39-29-15-27-37(42(39)43)45(35)31-18-7-2-8-19-31;43-42-40-28-15-29-41(42)45(33-18-7-2-8-19-33)35-21-14-27-39(31-35)46(36-22-9-3-10-23-36,37-24-11-4-12-25-37)38-26-13-20-34(30-38)44(40)32-16-5-1-6-17-32/h1-29H;1-31H. The Balaban J connectivity index is 0.000000141. The first kappa shape index (κ1) is 55.2. The molecular formula is C84H60BClN4Si2. The molecule has 8 heteroatoms. The van der Waals surface area contributed by atoms with Crippen molar-refractivity contribution in [2.75, 3.05) is 19.6 Å². The summed E-state index contributed by atoms with van der Waals surface area (Å²) in [6.07, 6.45) is 0. The molecule has 0 aliphatic carbocycles. The van der Waals surface area contributed by atoms with E-state index >= 15 is 0 Å². The van der Waals surface area contributed by atoms with Gasteiger partial charge in [-0.2, -0.15) is 0 Å².